The summed E-state index contributed by atoms with van der Waals surface area (Å²) in [5.41, 5.74) is 1.39. The second-order valence-electron chi connectivity index (χ2n) is 5.35. The van der Waals surface area contributed by atoms with Gasteiger partial charge in [0, 0.05) is 18.0 Å². The van der Waals surface area contributed by atoms with Crippen molar-refractivity contribution in [3.63, 3.8) is 0 Å². The van der Waals surface area contributed by atoms with Gasteiger partial charge >= 0.3 is 0 Å². The van der Waals surface area contributed by atoms with Crippen LogP contribution in [-0.2, 0) is 9.59 Å². The number of hydrogen-bond acceptors (Lipinski definition) is 7. The lowest BCUT2D eigenvalue weighted by Gasteiger charge is -2.15. The van der Waals surface area contributed by atoms with Crippen molar-refractivity contribution < 1.29 is 9.59 Å². The maximum Gasteiger partial charge on any atom is 0.247 e. The van der Waals surface area contributed by atoms with Crippen LogP contribution in [0.15, 0.2) is 35.2 Å². The first-order chi connectivity index (χ1) is 12.0. The van der Waals surface area contributed by atoms with Crippen LogP contribution < -0.4 is 10.2 Å². The van der Waals surface area contributed by atoms with Gasteiger partial charge in [0.1, 0.15) is 5.25 Å². The highest BCUT2D eigenvalue weighted by atomic mass is 35.5. The van der Waals surface area contributed by atoms with Crippen LogP contribution in [0.4, 0.5) is 10.8 Å². The first kappa shape index (κ1) is 17.9. The third-order valence-electron chi connectivity index (χ3n) is 3.57. The number of rotatable bonds is 6. The molecule has 2 aromatic rings. The molecular formula is C16H15ClN4O2S2. The summed E-state index contributed by atoms with van der Waals surface area (Å²) in [6.45, 7) is 6.08. The zero-order chi connectivity index (χ0) is 18.0. The van der Waals surface area contributed by atoms with Gasteiger partial charge in [-0.25, -0.2) is 4.90 Å². The smallest absolute Gasteiger partial charge is 0.247 e. The number of imide groups is 1. The van der Waals surface area contributed by atoms with Crippen molar-refractivity contribution in [3.05, 3.63) is 41.4 Å². The second-order valence-corrected chi connectivity index (χ2v) is 8.19. The largest absolute Gasteiger partial charge is 0.357 e. The van der Waals surface area contributed by atoms with Crippen LogP contribution in [0, 0.1) is 6.92 Å². The molecule has 1 aliphatic rings. The summed E-state index contributed by atoms with van der Waals surface area (Å²) in [5.74, 6) is -0.498. The predicted octanol–water partition coefficient (Wildman–Crippen LogP) is 3.52. The van der Waals surface area contributed by atoms with Gasteiger partial charge in [-0.15, -0.1) is 16.8 Å². The number of thioether (sulfide) groups is 1. The fourth-order valence-electron chi connectivity index (χ4n) is 2.30. The molecule has 1 fully saturated rings. The van der Waals surface area contributed by atoms with Crippen molar-refractivity contribution in [2.75, 3.05) is 16.8 Å². The number of benzene rings is 1. The Morgan fingerprint density at radius 3 is 3.00 bits per heavy atom. The van der Waals surface area contributed by atoms with E-state index < -0.39 is 5.25 Å². The number of nitrogens with one attached hydrogen (secondary N) is 1. The lowest BCUT2D eigenvalue weighted by Crippen LogP contribution is -2.31. The Balaban J connectivity index is 1.73. The molecule has 0 spiro atoms. The van der Waals surface area contributed by atoms with Gasteiger partial charge in [0.2, 0.25) is 16.9 Å². The molecule has 0 radical (unpaired) electrons. The zero-order valence-electron chi connectivity index (χ0n) is 13.4. The Kier molecular flexibility index (Phi) is 5.41. The van der Waals surface area contributed by atoms with Crippen LogP contribution in [0.3, 0.4) is 0 Å². The Bertz CT molecular complexity index is 839. The fourth-order valence-corrected chi connectivity index (χ4v) is 4.50. The maximum absolute atomic E-state index is 12.7. The van der Waals surface area contributed by atoms with Crippen LogP contribution >= 0.6 is 34.7 Å². The minimum absolute atomic E-state index is 0.129. The molecule has 1 unspecified atom stereocenters. The Labute approximate surface area is 158 Å². The highest BCUT2D eigenvalue weighted by molar-refractivity contribution is 8.02. The number of amides is 2. The van der Waals surface area contributed by atoms with Crippen molar-refractivity contribution >= 4 is 57.3 Å². The van der Waals surface area contributed by atoms with Gasteiger partial charge in [-0.05, 0) is 24.6 Å². The molecule has 1 N–H and O–H groups in total. The van der Waals surface area contributed by atoms with Crippen molar-refractivity contribution in [3.8, 4) is 0 Å². The van der Waals surface area contributed by atoms with Crippen molar-refractivity contribution in [1.29, 1.82) is 0 Å². The topological polar surface area (TPSA) is 75.2 Å². The molecule has 3 rings (SSSR count). The van der Waals surface area contributed by atoms with E-state index in [1.807, 2.05) is 6.92 Å². The monoisotopic (exact) mass is 394 g/mol. The van der Waals surface area contributed by atoms with E-state index in [0.29, 0.717) is 26.7 Å². The first-order valence-corrected chi connectivity index (χ1v) is 9.55. The molecular weight excluding hydrogens is 380 g/mol. The zero-order valence-corrected chi connectivity index (χ0v) is 15.7. The Hall–Kier alpha value is -1.90. The number of carbonyl (C=O) groups excluding carboxylic acids is 2. The minimum Gasteiger partial charge on any atom is -0.357 e. The van der Waals surface area contributed by atoms with Gasteiger partial charge < -0.3 is 5.32 Å². The first-order valence-electron chi connectivity index (χ1n) is 7.47. The van der Waals surface area contributed by atoms with Crippen molar-refractivity contribution in [2.45, 2.75) is 22.9 Å². The van der Waals surface area contributed by atoms with E-state index in [1.54, 1.807) is 24.3 Å². The normalized spacial score (nSPS) is 17.2. The van der Waals surface area contributed by atoms with Crippen LogP contribution in [0.2, 0.25) is 5.02 Å². The summed E-state index contributed by atoms with van der Waals surface area (Å²) in [5, 5.41) is 11.8. The Morgan fingerprint density at radius 2 is 2.28 bits per heavy atom. The van der Waals surface area contributed by atoms with E-state index in [9.17, 15) is 9.59 Å². The molecule has 1 saturated heterocycles. The summed E-state index contributed by atoms with van der Waals surface area (Å²) in [7, 11) is 0. The van der Waals surface area contributed by atoms with E-state index in [0.717, 1.165) is 5.56 Å². The number of anilines is 2. The van der Waals surface area contributed by atoms with E-state index in [-0.39, 0.29) is 18.2 Å². The number of hydrogen-bond donors (Lipinski definition) is 1. The lowest BCUT2D eigenvalue weighted by molar-refractivity contribution is -0.121. The molecule has 2 amide bonds. The highest BCUT2D eigenvalue weighted by Gasteiger charge is 2.40. The second kappa shape index (κ2) is 7.55. The lowest BCUT2D eigenvalue weighted by atomic mass is 10.2. The summed E-state index contributed by atoms with van der Waals surface area (Å²) in [6.07, 6.45) is 1.85. The standard InChI is InChI=1S/C16H15ClN4O2S2/c1-3-6-18-15-19-20-16(25-15)24-12-8-13(22)21(14(12)23)10-5-4-9(2)11(17)7-10/h3-5,7,12H,1,6,8H2,2H3,(H,18,19). The van der Waals surface area contributed by atoms with Gasteiger partial charge in [-0.1, -0.05) is 46.8 Å². The molecule has 1 aromatic heterocycles. The van der Waals surface area contributed by atoms with Crippen LogP contribution in [-0.4, -0.2) is 33.8 Å². The van der Waals surface area contributed by atoms with E-state index in [4.69, 9.17) is 11.6 Å². The van der Waals surface area contributed by atoms with Gasteiger partial charge in [-0.3, -0.25) is 9.59 Å². The maximum atomic E-state index is 12.7. The van der Waals surface area contributed by atoms with Gasteiger partial charge in [-0.2, -0.15) is 0 Å². The third-order valence-corrected chi connectivity index (χ3v) is 6.12. The van der Waals surface area contributed by atoms with E-state index >= 15 is 0 Å². The quantitative estimate of drug-likeness (QED) is 0.596. The van der Waals surface area contributed by atoms with Crippen molar-refractivity contribution in [1.82, 2.24) is 10.2 Å². The Morgan fingerprint density at radius 1 is 1.48 bits per heavy atom. The molecule has 9 heteroatoms. The highest BCUT2D eigenvalue weighted by Crippen LogP contribution is 2.36. The van der Waals surface area contributed by atoms with Crippen LogP contribution in [0.1, 0.15) is 12.0 Å². The number of halogens is 1. The van der Waals surface area contributed by atoms with Crippen LogP contribution in [0.25, 0.3) is 0 Å². The summed E-state index contributed by atoms with van der Waals surface area (Å²) >= 11 is 8.71. The fraction of sp³-hybridized carbons (Fsp3) is 0.250. The molecule has 2 heterocycles. The molecule has 1 atom stereocenters. The minimum atomic E-state index is -0.507. The van der Waals surface area contributed by atoms with Gasteiger partial charge in [0.15, 0.2) is 4.34 Å². The van der Waals surface area contributed by atoms with E-state index in [2.05, 4.69) is 22.1 Å². The summed E-state index contributed by atoms with van der Waals surface area (Å²) in [6, 6.07) is 5.16. The molecule has 1 aliphatic heterocycles. The van der Waals surface area contributed by atoms with Crippen LogP contribution in [0.5, 0.6) is 0 Å². The molecule has 1 aromatic carbocycles. The summed E-state index contributed by atoms with van der Waals surface area (Å²) < 4.78 is 0.640. The summed E-state index contributed by atoms with van der Waals surface area (Å²) in [4.78, 5) is 26.2. The van der Waals surface area contributed by atoms with Crippen molar-refractivity contribution in [2.24, 2.45) is 0 Å². The molecule has 130 valence electrons. The molecule has 25 heavy (non-hydrogen) atoms. The number of aromatic nitrogens is 2. The number of carbonyl (C=O) groups is 2. The molecule has 6 nitrogen and oxygen atoms in total. The SMILES string of the molecule is C=CCNc1nnc(SC2CC(=O)N(c3ccc(C)c(Cl)c3)C2=O)s1. The molecule has 0 aliphatic carbocycles. The number of nitrogens with zero attached hydrogens (tertiary/aromatic N) is 3. The molecule has 0 bridgehead atoms. The predicted molar refractivity (Wildman–Crippen MR) is 102 cm³/mol. The average molecular weight is 395 g/mol. The van der Waals surface area contributed by atoms with Gasteiger partial charge in [0.05, 0.1) is 5.69 Å². The number of aryl methyl sites for hydroxylation is 1. The van der Waals surface area contributed by atoms with E-state index in [1.165, 1.54) is 28.0 Å². The molecule has 0 saturated carbocycles. The third kappa shape index (κ3) is 3.86. The average Bonchev–Trinajstić information content (AvgIpc) is 3.13. The van der Waals surface area contributed by atoms with Gasteiger partial charge in [0.25, 0.3) is 0 Å².